The van der Waals surface area contributed by atoms with Crippen molar-refractivity contribution in [3.05, 3.63) is 7.05 Å². The maximum atomic E-state index is 9.88. The number of carbonyl (C=O) groups is 2. The fourth-order valence-corrected chi connectivity index (χ4v) is 0.403. The van der Waals surface area contributed by atoms with Crippen LogP contribution in [0.3, 0.4) is 0 Å². The van der Waals surface area contributed by atoms with Crippen LogP contribution >= 0.6 is 0 Å². The van der Waals surface area contributed by atoms with Crippen LogP contribution in [0.1, 0.15) is 0 Å². The molecule has 0 rings (SSSR count). The molecule has 0 saturated heterocycles. The predicted molar refractivity (Wildman–Crippen MR) is 31.1 cm³/mol. The van der Waals surface area contributed by atoms with Gasteiger partial charge < -0.3 is 10.2 Å². The van der Waals surface area contributed by atoms with E-state index in [1.807, 2.05) is 0 Å². The number of hydrogen-bond donors (Lipinski definition) is 2. The summed E-state index contributed by atoms with van der Waals surface area (Å²) in [5, 5.41) is 16.2. The topological polar surface area (TPSA) is 77.8 Å². The summed E-state index contributed by atoms with van der Waals surface area (Å²) < 4.78 is 0. The monoisotopic (exact) mass is 145 g/mol. The lowest BCUT2D eigenvalue weighted by Crippen LogP contribution is -2.28. The summed E-state index contributed by atoms with van der Waals surface area (Å²) in [7, 11) is 4.95. The zero-order valence-corrected chi connectivity index (χ0v) is 5.15. The Kier molecular flexibility index (Phi) is 3.42. The average molecular weight is 145 g/mol. The van der Waals surface area contributed by atoms with Gasteiger partial charge in [-0.05, 0) is 0 Å². The predicted octanol–water partition coefficient (Wildman–Crippen LogP) is -0.874. The van der Waals surface area contributed by atoms with Crippen molar-refractivity contribution >= 4 is 11.9 Å². The molecule has 5 heteroatoms. The smallest absolute Gasteiger partial charge is 0.317 e. The van der Waals surface area contributed by atoms with E-state index in [9.17, 15) is 9.59 Å². The molecule has 0 aliphatic carbocycles. The molecule has 0 unspecified atom stereocenters. The number of carboxylic acids is 2. The summed E-state index contributed by atoms with van der Waals surface area (Å²) in [6, 6.07) is 0. The van der Waals surface area contributed by atoms with Gasteiger partial charge in [0.1, 0.15) is 0 Å². The Morgan fingerprint density at radius 1 is 1.20 bits per heavy atom. The van der Waals surface area contributed by atoms with Gasteiger partial charge in [0.15, 0.2) is 0 Å². The summed E-state index contributed by atoms with van der Waals surface area (Å²) in [6.45, 7) is -0.932. The number of carboxylic acid groups (broad SMARTS) is 2. The molecule has 0 aliphatic rings. The minimum Gasteiger partial charge on any atom is -0.480 e. The minimum atomic E-state index is -1.15. The van der Waals surface area contributed by atoms with Gasteiger partial charge in [-0.2, -0.15) is 0 Å². The highest BCUT2D eigenvalue weighted by molar-refractivity contribution is 5.72. The van der Waals surface area contributed by atoms with Crippen LogP contribution < -0.4 is 0 Å². The second-order valence-electron chi connectivity index (χ2n) is 1.69. The van der Waals surface area contributed by atoms with Gasteiger partial charge in [0.2, 0.25) is 0 Å². The van der Waals surface area contributed by atoms with E-state index in [1.165, 1.54) is 0 Å². The zero-order valence-electron chi connectivity index (χ0n) is 5.15. The van der Waals surface area contributed by atoms with Gasteiger partial charge in [0.05, 0.1) is 13.1 Å². The fourth-order valence-electron chi connectivity index (χ4n) is 0.403. The average Bonchev–Trinajstić information content (AvgIpc) is 1.58. The van der Waals surface area contributed by atoms with Crippen molar-refractivity contribution in [2.45, 2.75) is 0 Å². The lowest BCUT2D eigenvalue weighted by Gasteiger charge is -2.08. The van der Waals surface area contributed by atoms with Crippen molar-refractivity contribution in [2.75, 3.05) is 13.1 Å². The van der Waals surface area contributed by atoms with Crippen LogP contribution in [0.2, 0.25) is 0 Å². The van der Waals surface area contributed by atoms with E-state index in [0.717, 1.165) is 0 Å². The normalized spacial score (nSPS) is 9.80. The lowest BCUT2D eigenvalue weighted by molar-refractivity contribution is -0.140. The van der Waals surface area contributed by atoms with Crippen molar-refractivity contribution in [1.82, 2.24) is 4.90 Å². The van der Waals surface area contributed by atoms with Crippen molar-refractivity contribution in [1.29, 1.82) is 0 Å². The Bertz CT molecular complexity index is 129. The number of aliphatic carboxylic acids is 2. The van der Waals surface area contributed by atoms with Crippen LogP contribution in [0.15, 0.2) is 0 Å². The highest BCUT2D eigenvalue weighted by atomic mass is 16.4. The molecule has 0 aromatic heterocycles. The van der Waals surface area contributed by atoms with Crippen LogP contribution in [-0.2, 0) is 9.59 Å². The van der Waals surface area contributed by atoms with E-state index in [-0.39, 0.29) is 0 Å². The molecule has 2 N–H and O–H groups in total. The molecule has 0 saturated carbocycles. The van der Waals surface area contributed by atoms with E-state index < -0.39 is 25.0 Å². The first-order valence-corrected chi connectivity index (χ1v) is 2.45. The van der Waals surface area contributed by atoms with E-state index in [4.69, 9.17) is 17.3 Å². The van der Waals surface area contributed by atoms with Crippen molar-refractivity contribution < 1.29 is 19.8 Å². The van der Waals surface area contributed by atoms with Crippen LogP contribution in [0.4, 0.5) is 0 Å². The molecular weight excluding hydrogens is 138 g/mol. The van der Waals surface area contributed by atoms with Gasteiger partial charge in [0, 0.05) is 7.05 Å². The molecular formula is C5H7NO4. The second-order valence-corrected chi connectivity index (χ2v) is 1.69. The standard InChI is InChI=1S/C5H7NO4/c1-6(2-4(7)8)3-5(9)10/h1H,2-3H2,(H,7,8)(H,9,10). The molecule has 56 valence electrons. The highest BCUT2D eigenvalue weighted by Gasteiger charge is 2.07. The summed E-state index contributed by atoms with van der Waals surface area (Å²) in [5.41, 5.74) is 0. The Morgan fingerprint density at radius 2 is 1.50 bits per heavy atom. The molecule has 0 aromatic rings. The summed E-state index contributed by atoms with van der Waals surface area (Å²) in [4.78, 5) is 20.5. The van der Waals surface area contributed by atoms with Gasteiger partial charge in [-0.3, -0.25) is 14.5 Å². The molecule has 0 amide bonds. The maximum absolute atomic E-state index is 9.88. The third-order valence-corrected chi connectivity index (χ3v) is 0.677. The molecule has 0 aromatic carbocycles. The van der Waals surface area contributed by atoms with Gasteiger partial charge in [-0.15, -0.1) is 0 Å². The quantitative estimate of drug-likeness (QED) is 0.502. The first-order chi connectivity index (χ1) is 4.52. The number of nitrogens with zero attached hydrogens (tertiary/aromatic N) is 1. The van der Waals surface area contributed by atoms with Gasteiger partial charge in [0.25, 0.3) is 0 Å². The van der Waals surface area contributed by atoms with Gasteiger partial charge >= 0.3 is 11.9 Å². The Hall–Kier alpha value is -1.10. The fraction of sp³-hybridized carbons (Fsp3) is 0.400. The van der Waals surface area contributed by atoms with E-state index in [0.29, 0.717) is 4.90 Å². The van der Waals surface area contributed by atoms with Crippen LogP contribution in [0, 0.1) is 7.05 Å². The van der Waals surface area contributed by atoms with Crippen molar-refractivity contribution in [3.63, 3.8) is 0 Å². The molecule has 0 aliphatic heterocycles. The Labute approximate surface area is 57.9 Å². The maximum Gasteiger partial charge on any atom is 0.317 e. The van der Waals surface area contributed by atoms with E-state index in [2.05, 4.69) is 0 Å². The number of hydrogen-bond acceptors (Lipinski definition) is 3. The third-order valence-electron chi connectivity index (χ3n) is 0.677. The molecule has 10 heavy (non-hydrogen) atoms. The van der Waals surface area contributed by atoms with Gasteiger partial charge in [-0.1, -0.05) is 0 Å². The first kappa shape index (κ1) is 8.90. The first-order valence-electron chi connectivity index (χ1n) is 2.45. The number of rotatable bonds is 4. The van der Waals surface area contributed by atoms with Crippen molar-refractivity contribution in [2.24, 2.45) is 0 Å². The molecule has 0 fully saturated rings. The summed E-state index contributed by atoms with van der Waals surface area (Å²) in [5.74, 6) is -2.30. The van der Waals surface area contributed by atoms with Crippen LogP contribution in [0.25, 0.3) is 0 Å². The molecule has 0 bridgehead atoms. The van der Waals surface area contributed by atoms with Crippen LogP contribution in [-0.4, -0.2) is 40.1 Å². The molecule has 0 heterocycles. The summed E-state index contributed by atoms with van der Waals surface area (Å²) >= 11 is 0. The van der Waals surface area contributed by atoms with Crippen LogP contribution in [0.5, 0.6) is 0 Å². The zero-order chi connectivity index (χ0) is 8.15. The second kappa shape index (κ2) is 3.84. The third kappa shape index (κ3) is 5.04. The Balaban J connectivity index is 3.53. The van der Waals surface area contributed by atoms with Gasteiger partial charge in [-0.25, -0.2) is 0 Å². The molecule has 2 radical (unpaired) electrons. The highest BCUT2D eigenvalue weighted by Crippen LogP contribution is 1.82. The van der Waals surface area contributed by atoms with E-state index >= 15 is 0 Å². The lowest BCUT2D eigenvalue weighted by atomic mass is 10.5. The minimum absolute atomic E-state index is 0.466. The largest absolute Gasteiger partial charge is 0.480 e. The molecule has 0 spiro atoms. The van der Waals surface area contributed by atoms with Crippen molar-refractivity contribution in [3.8, 4) is 0 Å². The Morgan fingerprint density at radius 3 is 1.70 bits per heavy atom. The molecule has 0 atom stereocenters. The van der Waals surface area contributed by atoms with E-state index in [1.54, 1.807) is 0 Å². The SMILES string of the molecule is [CH]N(CC(=O)O)CC(=O)O. The molecule has 5 nitrogen and oxygen atoms in total. The summed E-state index contributed by atoms with van der Waals surface area (Å²) in [6.07, 6.45) is 0.